The van der Waals surface area contributed by atoms with Gasteiger partial charge in [-0.2, -0.15) is 0 Å². The molecule has 1 aliphatic heterocycles. The molecule has 22 heavy (non-hydrogen) atoms. The lowest BCUT2D eigenvalue weighted by atomic mass is 9.70. The fraction of sp³-hybridized carbons (Fsp3) is 1.00. The molecule has 3 fully saturated rings. The fourth-order valence-corrected chi connectivity index (χ4v) is 4.90. The van der Waals surface area contributed by atoms with E-state index in [2.05, 4.69) is 25.7 Å². The van der Waals surface area contributed by atoms with Crippen molar-refractivity contribution in [2.75, 3.05) is 39.5 Å². The molecule has 0 radical (unpaired) electrons. The van der Waals surface area contributed by atoms with Crippen LogP contribution in [0, 0.1) is 16.7 Å². The van der Waals surface area contributed by atoms with Gasteiger partial charge in [0.2, 0.25) is 0 Å². The van der Waals surface area contributed by atoms with E-state index >= 15 is 0 Å². The quantitative estimate of drug-likeness (QED) is 0.817. The summed E-state index contributed by atoms with van der Waals surface area (Å²) in [4.78, 5) is 2.29. The predicted molar refractivity (Wildman–Crippen MR) is 86.9 cm³/mol. The van der Waals surface area contributed by atoms with Gasteiger partial charge in [0, 0.05) is 26.2 Å². The molecule has 0 amide bonds. The lowest BCUT2D eigenvalue weighted by molar-refractivity contribution is -0.0583. The third kappa shape index (κ3) is 2.95. The molecule has 0 aromatic heterocycles. The van der Waals surface area contributed by atoms with Gasteiger partial charge in [-0.3, -0.25) is 4.90 Å². The molecule has 0 aromatic carbocycles. The highest BCUT2D eigenvalue weighted by atomic mass is 16.5. The third-order valence-corrected chi connectivity index (χ3v) is 7.06. The number of hydrogen-bond acceptors (Lipinski definition) is 4. The van der Waals surface area contributed by atoms with Gasteiger partial charge in [0.15, 0.2) is 0 Å². The Morgan fingerprint density at radius 2 is 2.00 bits per heavy atom. The van der Waals surface area contributed by atoms with Crippen LogP contribution in [0.25, 0.3) is 0 Å². The number of aliphatic hydroxyl groups excluding tert-OH is 1. The second kappa shape index (κ2) is 6.39. The van der Waals surface area contributed by atoms with Crippen LogP contribution in [0.5, 0.6) is 0 Å². The van der Waals surface area contributed by atoms with Gasteiger partial charge in [-0.1, -0.05) is 20.8 Å². The van der Waals surface area contributed by atoms with E-state index in [1.165, 1.54) is 19.3 Å². The van der Waals surface area contributed by atoms with Crippen molar-refractivity contribution in [3.8, 4) is 0 Å². The number of aliphatic hydroxyl groups is 1. The Hall–Kier alpha value is -0.160. The maximum Gasteiger partial charge on any atom is 0.0689 e. The van der Waals surface area contributed by atoms with Crippen LogP contribution in [0.2, 0.25) is 0 Å². The van der Waals surface area contributed by atoms with Crippen LogP contribution in [-0.2, 0) is 9.47 Å². The van der Waals surface area contributed by atoms with Crippen molar-refractivity contribution in [1.29, 1.82) is 0 Å². The average molecular weight is 311 g/mol. The zero-order valence-corrected chi connectivity index (χ0v) is 14.5. The number of fused-ring (bicyclic) bond motifs is 2. The van der Waals surface area contributed by atoms with Gasteiger partial charge in [0.1, 0.15) is 0 Å². The molecule has 4 atom stereocenters. The fourth-order valence-electron chi connectivity index (χ4n) is 4.90. The van der Waals surface area contributed by atoms with E-state index in [0.29, 0.717) is 23.5 Å². The van der Waals surface area contributed by atoms with Crippen molar-refractivity contribution in [1.82, 2.24) is 4.90 Å². The van der Waals surface area contributed by atoms with Crippen LogP contribution in [-0.4, -0.2) is 61.7 Å². The first-order valence-corrected chi connectivity index (χ1v) is 9.03. The zero-order chi connectivity index (χ0) is 15.8. The van der Waals surface area contributed by atoms with Crippen LogP contribution < -0.4 is 0 Å². The first-order chi connectivity index (χ1) is 10.4. The van der Waals surface area contributed by atoms with Crippen LogP contribution in [0.4, 0.5) is 0 Å². The number of rotatable bonds is 6. The Labute approximate surface area is 135 Å². The predicted octanol–water partition coefficient (Wildman–Crippen LogP) is 2.30. The molecular weight excluding hydrogens is 278 g/mol. The van der Waals surface area contributed by atoms with Gasteiger partial charge < -0.3 is 14.6 Å². The normalized spacial score (nSPS) is 39.3. The summed E-state index contributed by atoms with van der Waals surface area (Å²) in [6.45, 7) is 12.2. The van der Waals surface area contributed by atoms with Crippen LogP contribution >= 0.6 is 0 Å². The van der Waals surface area contributed by atoms with Gasteiger partial charge in [0.25, 0.3) is 0 Å². The Balaban J connectivity index is 1.40. The van der Waals surface area contributed by atoms with E-state index in [4.69, 9.17) is 9.47 Å². The van der Waals surface area contributed by atoms with Crippen LogP contribution in [0.15, 0.2) is 0 Å². The molecule has 0 spiro atoms. The van der Waals surface area contributed by atoms with Gasteiger partial charge >= 0.3 is 0 Å². The van der Waals surface area contributed by atoms with E-state index in [-0.39, 0.29) is 6.10 Å². The largest absolute Gasteiger partial charge is 0.392 e. The number of nitrogens with zero attached hydrogens (tertiary/aromatic N) is 1. The van der Waals surface area contributed by atoms with Crippen molar-refractivity contribution < 1.29 is 14.6 Å². The molecule has 128 valence electrons. The minimum atomic E-state index is -0.280. The average Bonchev–Trinajstić information content (AvgIpc) is 2.81. The van der Waals surface area contributed by atoms with Crippen molar-refractivity contribution in [3.63, 3.8) is 0 Å². The van der Waals surface area contributed by atoms with E-state index in [1.54, 1.807) is 0 Å². The summed E-state index contributed by atoms with van der Waals surface area (Å²) >= 11 is 0. The first kappa shape index (κ1) is 16.7. The van der Waals surface area contributed by atoms with Gasteiger partial charge in [0.05, 0.1) is 25.4 Å². The second-order valence-electron chi connectivity index (χ2n) is 8.33. The number of β-amino-alcohol motifs (C(OH)–C–C–N with tert-alkyl or cyclic N) is 1. The third-order valence-electron chi connectivity index (χ3n) is 7.06. The van der Waals surface area contributed by atoms with Crippen LogP contribution in [0.1, 0.15) is 46.5 Å². The van der Waals surface area contributed by atoms with Gasteiger partial charge in [-0.25, -0.2) is 0 Å². The molecule has 4 nitrogen and oxygen atoms in total. The van der Waals surface area contributed by atoms with Gasteiger partial charge in [-0.15, -0.1) is 0 Å². The molecule has 2 saturated carbocycles. The number of morpholine rings is 1. The van der Waals surface area contributed by atoms with Crippen LogP contribution in [0.3, 0.4) is 0 Å². The first-order valence-electron chi connectivity index (χ1n) is 9.03. The molecule has 3 aliphatic rings. The van der Waals surface area contributed by atoms with E-state index in [1.807, 2.05) is 0 Å². The van der Waals surface area contributed by atoms with Crippen molar-refractivity contribution in [3.05, 3.63) is 0 Å². The van der Waals surface area contributed by atoms with E-state index in [9.17, 15) is 5.11 Å². The van der Waals surface area contributed by atoms with Gasteiger partial charge in [-0.05, 0) is 42.4 Å². The second-order valence-corrected chi connectivity index (χ2v) is 8.33. The minimum absolute atomic E-state index is 0.280. The molecule has 2 bridgehead atoms. The molecule has 1 N–H and O–H groups in total. The Bertz CT molecular complexity index is 381. The highest BCUT2D eigenvalue weighted by molar-refractivity contribution is 5.11. The van der Waals surface area contributed by atoms with Crippen molar-refractivity contribution >= 4 is 0 Å². The maximum atomic E-state index is 10.2. The zero-order valence-electron chi connectivity index (χ0n) is 14.5. The number of ether oxygens (including phenoxy) is 2. The minimum Gasteiger partial charge on any atom is -0.392 e. The Morgan fingerprint density at radius 3 is 2.59 bits per heavy atom. The molecule has 4 heteroatoms. The van der Waals surface area contributed by atoms with E-state index in [0.717, 1.165) is 45.2 Å². The summed E-state index contributed by atoms with van der Waals surface area (Å²) in [7, 11) is 0. The Morgan fingerprint density at radius 1 is 1.27 bits per heavy atom. The molecule has 2 aliphatic carbocycles. The number of hydrogen-bond donors (Lipinski definition) is 1. The summed E-state index contributed by atoms with van der Waals surface area (Å²) in [6, 6.07) is 0. The molecule has 1 saturated heterocycles. The van der Waals surface area contributed by atoms with Crippen molar-refractivity contribution in [2.24, 2.45) is 16.7 Å². The Kier molecular flexibility index (Phi) is 4.84. The molecule has 0 aromatic rings. The summed E-state index contributed by atoms with van der Waals surface area (Å²) in [5, 5.41) is 10.2. The highest BCUT2D eigenvalue weighted by Gasteiger charge is 2.61. The maximum absolute atomic E-state index is 10.2. The molecule has 0 unspecified atom stereocenters. The summed E-state index contributed by atoms with van der Waals surface area (Å²) < 4.78 is 11.6. The summed E-state index contributed by atoms with van der Waals surface area (Å²) in [6.07, 6.45) is 4.72. The smallest absolute Gasteiger partial charge is 0.0689 e. The molecule has 3 rings (SSSR count). The standard InChI is InChI=1S/C18H33NO3/c1-17(2)14-4-6-18(17,3)16(12-14)22-9-5-15(20)13-19-7-10-21-11-8-19/h14-16,20H,4-13H2,1-3H3/t14-,15+,16+,18-/m0/s1. The monoisotopic (exact) mass is 311 g/mol. The lowest BCUT2D eigenvalue weighted by Gasteiger charge is -2.39. The topological polar surface area (TPSA) is 41.9 Å². The molecule has 1 heterocycles. The van der Waals surface area contributed by atoms with Crippen molar-refractivity contribution in [2.45, 2.75) is 58.7 Å². The van der Waals surface area contributed by atoms with E-state index < -0.39 is 0 Å². The SMILES string of the molecule is CC1(C)[C@H]2CC[C@@]1(C)[C@H](OCC[C@@H](O)CN1CCOCC1)C2. The summed E-state index contributed by atoms with van der Waals surface area (Å²) in [5.41, 5.74) is 0.733. The molecular formula is C18H33NO3. The highest BCUT2D eigenvalue weighted by Crippen LogP contribution is 2.66. The lowest BCUT2D eigenvalue weighted by Crippen LogP contribution is -2.41. The summed E-state index contributed by atoms with van der Waals surface area (Å²) in [5.74, 6) is 0.820.